The van der Waals surface area contributed by atoms with Gasteiger partial charge in [-0.25, -0.2) is 0 Å². The third-order valence-corrected chi connectivity index (χ3v) is 6.43. The Morgan fingerprint density at radius 3 is 2.43 bits per heavy atom. The Bertz CT molecular complexity index is 720. The lowest BCUT2D eigenvalue weighted by Crippen LogP contribution is -2.38. The van der Waals surface area contributed by atoms with Crippen molar-refractivity contribution in [3.63, 3.8) is 0 Å². The smallest absolute Gasteiger partial charge is 0.225 e. The third kappa shape index (κ3) is 4.57. The van der Waals surface area contributed by atoms with Gasteiger partial charge in [0.05, 0.1) is 5.92 Å². The zero-order chi connectivity index (χ0) is 19.7. The van der Waals surface area contributed by atoms with E-state index in [1.165, 1.54) is 17.5 Å². The summed E-state index contributed by atoms with van der Waals surface area (Å²) in [6.07, 6.45) is 3.88. The second kappa shape index (κ2) is 8.24. The minimum absolute atomic E-state index is 0.0199. The highest BCUT2D eigenvalue weighted by molar-refractivity contribution is 5.89. The summed E-state index contributed by atoms with van der Waals surface area (Å²) >= 11 is 0. The molecule has 28 heavy (non-hydrogen) atoms. The molecule has 2 aliphatic heterocycles. The summed E-state index contributed by atoms with van der Waals surface area (Å²) in [5.74, 6) is 1.46. The lowest BCUT2D eigenvalue weighted by molar-refractivity contribution is -0.129. The summed E-state index contributed by atoms with van der Waals surface area (Å²) in [7, 11) is 0. The Morgan fingerprint density at radius 1 is 1.07 bits per heavy atom. The van der Waals surface area contributed by atoms with Gasteiger partial charge >= 0.3 is 0 Å². The van der Waals surface area contributed by atoms with Gasteiger partial charge in [0.15, 0.2) is 0 Å². The molecule has 2 saturated heterocycles. The molecule has 0 bridgehead atoms. The zero-order valence-corrected chi connectivity index (χ0v) is 17.2. The minimum Gasteiger partial charge on any atom is -0.352 e. The highest BCUT2D eigenvalue weighted by Crippen LogP contribution is 2.32. The summed E-state index contributed by atoms with van der Waals surface area (Å²) in [5.41, 5.74) is 2.48. The van der Waals surface area contributed by atoms with E-state index in [1.54, 1.807) is 0 Å². The molecule has 3 aliphatic rings. The van der Waals surface area contributed by atoms with Crippen molar-refractivity contribution in [1.29, 1.82) is 0 Å². The molecule has 4 rings (SSSR count). The van der Waals surface area contributed by atoms with E-state index in [1.807, 2.05) is 11.0 Å². The molecule has 2 heterocycles. The van der Waals surface area contributed by atoms with E-state index >= 15 is 0 Å². The molecule has 5 heteroatoms. The van der Waals surface area contributed by atoms with Crippen molar-refractivity contribution in [2.75, 3.05) is 19.6 Å². The van der Waals surface area contributed by atoms with Crippen LogP contribution in [0.2, 0.25) is 0 Å². The van der Waals surface area contributed by atoms with Gasteiger partial charge in [-0.1, -0.05) is 38.1 Å². The topological polar surface area (TPSA) is 52.7 Å². The number of likely N-dealkylation sites (tertiary alicyclic amines) is 2. The third-order valence-electron chi connectivity index (χ3n) is 6.43. The molecular weight excluding hydrogens is 350 g/mol. The fourth-order valence-electron chi connectivity index (χ4n) is 5.02. The fraction of sp³-hybridized carbons (Fsp3) is 0.652. The largest absolute Gasteiger partial charge is 0.352 e. The Balaban J connectivity index is 1.33. The van der Waals surface area contributed by atoms with Gasteiger partial charge in [0.1, 0.15) is 0 Å². The molecule has 152 valence electrons. The van der Waals surface area contributed by atoms with Crippen molar-refractivity contribution in [1.82, 2.24) is 15.1 Å². The van der Waals surface area contributed by atoms with Gasteiger partial charge in [-0.15, -0.1) is 0 Å². The number of hydrogen-bond acceptors (Lipinski definition) is 3. The second-order valence-corrected chi connectivity index (χ2v) is 9.30. The zero-order valence-electron chi connectivity index (χ0n) is 17.2. The Kier molecular flexibility index (Phi) is 5.72. The number of amides is 2. The van der Waals surface area contributed by atoms with Crippen LogP contribution >= 0.6 is 0 Å². The Morgan fingerprint density at radius 2 is 1.75 bits per heavy atom. The first kappa shape index (κ1) is 19.4. The normalized spacial score (nSPS) is 28.6. The molecule has 0 unspecified atom stereocenters. The minimum atomic E-state index is -0.191. The van der Waals surface area contributed by atoms with Crippen molar-refractivity contribution in [3.8, 4) is 0 Å². The number of carbonyl (C=O) groups excluding carboxylic acids is 2. The quantitative estimate of drug-likeness (QED) is 0.822. The fourth-order valence-corrected chi connectivity index (χ4v) is 5.02. The first-order chi connectivity index (χ1) is 13.5. The Labute approximate surface area is 168 Å². The van der Waals surface area contributed by atoms with Gasteiger partial charge in [0.25, 0.3) is 0 Å². The van der Waals surface area contributed by atoms with Crippen LogP contribution in [0.15, 0.2) is 24.3 Å². The molecule has 0 radical (unpaired) electrons. The van der Waals surface area contributed by atoms with Crippen molar-refractivity contribution in [3.05, 3.63) is 35.4 Å². The van der Waals surface area contributed by atoms with E-state index in [0.717, 1.165) is 44.3 Å². The number of hydrogen-bond donors (Lipinski definition) is 1. The van der Waals surface area contributed by atoms with Gasteiger partial charge < -0.3 is 10.2 Å². The number of benzene rings is 1. The van der Waals surface area contributed by atoms with Crippen LogP contribution in [0.3, 0.4) is 0 Å². The number of piperidine rings is 1. The van der Waals surface area contributed by atoms with Gasteiger partial charge in [-0.3, -0.25) is 14.5 Å². The maximum Gasteiger partial charge on any atom is 0.225 e. The van der Waals surface area contributed by atoms with Crippen LogP contribution in [-0.2, 0) is 22.7 Å². The predicted octanol–water partition coefficient (Wildman–Crippen LogP) is 2.79. The summed E-state index contributed by atoms with van der Waals surface area (Å²) in [4.78, 5) is 29.2. The highest BCUT2D eigenvalue weighted by Gasteiger charge is 2.41. The number of rotatable bonds is 6. The molecule has 1 aliphatic carbocycles. The van der Waals surface area contributed by atoms with Crippen molar-refractivity contribution < 1.29 is 9.59 Å². The highest BCUT2D eigenvalue weighted by atomic mass is 16.2. The molecule has 3 fully saturated rings. The molecular formula is C23H33N3O2. The van der Waals surface area contributed by atoms with Crippen LogP contribution in [0.5, 0.6) is 0 Å². The van der Waals surface area contributed by atoms with E-state index in [9.17, 15) is 9.59 Å². The summed E-state index contributed by atoms with van der Waals surface area (Å²) in [6, 6.07) is 8.82. The van der Waals surface area contributed by atoms with E-state index in [2.05, 4.69) is 42.3 Å². The van der Waals surface area contributed by atoms with E-state index < -0.39 is 0 Å². The van der Waals surface area contributed by atoms with Crippen molar-refractivity contribution >= 4 is 11.8 Å². The van der Waals surface area contributed by atoms with Gasteiger partial charge in [0.2, 0.25) is 11.8 Å². The predicted molar refractivity (Wildman–Crippen MR) is 109 cm³/mol. The first-order valence-corrected chi connectivity index (χ1v) is 10.9. The SMILES string of the molecule is C[C@@H]1C[C@@H](C)CN(Cc2ccccc2CNC(=O)[C@H]2CC(=O)N(C3CC3)C2)C1. The molecule has 3 atom stereocenters. The van der Waals surface area contributed by atoms with Gasteiger partial charge in [-0.05, 0) is 42.2 Å². The van der Waals surface area contributed by atoms with Crippen molar-refractivity contribution in [2.24, 2.45) is 17.8 Å². The van der Waals surface area contributed by atoms with Crippen LogP contribution in [0.25, 0.3) is 0 Å². The number of nitrogens with zero attached hydrogens (tertiary/aromatic N) is 2. The van der Waals surface area contributed by atoms with Crippen LogP contribution in [-0.4, -0.2) is 47.3 Å². The molecule has 5 nitrogen and oxygen atoms in total. The molecule has 0 aromatic heterocycles. The van der Waals surface area contributed by atoms with Crippen molar-refractivity contribution in [2.45, 2.75) is 58.7 Å². The lowest BCUT2D eigenvalue weighted by Gasteiger charge is -2.35. The number of carbonyl (C=O) groups is 2. The van der Waals surface area contributed by atoms with E-state index in [-0.39, 0.29) is 17.7 Å². The standard InChI is InChI=1S/C23H33N3O2/c1-16-9-17(2)13-25(12-16)14-19-6-4-3-5-18(19)11-24-23(28)20-10-22(27)26(15-20)21-7-8-21/h3-6,16-17,20-21H,7-15H2,1-2H3,(H,24,28)/t16-,17-,20+/m1/s1. The second-order valence-electron chi connectivity index (χ2n) is 9.30. The van der Waals surface area contributed by atoms with Gasteiger partial charge in [0, 0.05) is 45.2 Å². The average Bonchev–Trinajstić information content (AvgIpc) is 3.41. The van der Waals surface area contributed by atoms with Crippen LogP contribution in [0.4, 0.5) is 0 Å². The van der Waals surface area contributed by atoms with Crippen LogP contribution < -0.4 is 5.32 Å². The number of nitrogens with one attached hydrogen (secondary N) is 1. The van der Waals surface area contributed by atoms with E-state index in [4.69, 9.17) is 0 Å². The maximum atomic E-state index is 12.6. The monoisotopic (exact) mass is 383 g/mol. The average molecular weight is 384 g/mol. The molecule has 1 saturated carbocycles. The molecule has 2 amide bonds. The summed E-state index contributed by atoms with van der Waals surface area (Å²) in [6.45, 7) is 9.05. The molecule has 1 aromatic carbocycles. The van der Waals surface area contributed by atoms with Gasteiger partial charge in [-0.2, -0.15) is 0 Å². The maximum absolute atomic E-state index is 12.6. The molecule has 1 aromatic rings. The lowest BCUT2D eigenvalue weighted by atomic mass is 9.91. The molecule has 1 N–H and O–H groups in total. The van der Waals surface area contributed by atoms with Crippen LogP contribution in [0.1, 0.15) is 50.7 Å². The first-order valence-electron chi connectivity index (χ1n) is 10.9. The summed E-state index contributed by atoms with van der Waals surface area (Å²) < 4.78 is 0. The van der Waals surface area contributed by atoms with Crippen LogP contribution in [0, 0.1) is 17.8 Å². The molecule has 0 spiro atoms. The Hall–Kier alpha value is -1.88. The summed E-state index contributed by atoms with van der Waals surface area (Å²) in [5, 5.41) is 3.10. The van der Waals surface area contributed by atoms with E-state index in [0.29, 0.717) is 25.6 Å².